The minimum atomic E-state index is -1.35. The standard InChI is InChI=1S/C35H47N5O9/c1-21(2)18-28(31(44)40-27(33(47)48)9-7-6-8-26(32(45)46)38-30(43)20-35(3,4)5)39-29(42)19-22-10-12-23(13-11-22)36-34(49)37-24-14-16-25(41)17-15-24/h6-7,10-17,21,26-28,41H,8-9,18-20H2,1-5H3,(H,38,43)(H,39,42)(H,40,44)(H,45,46)(H,47,48)(H2,36,37,49)/b7-6+. The predicted octanol–water partition coefficient (Wildman–Crippen LogP) is 4.02. The van der Waals surface area contributed by atoms with Crippen molar-refractivity contribution in [3.63, 3.8) is 0 Å². The van der Waals surface area contributed by atoms with E-state index in [4.69, 9.17) is 0 Å². The number of phenolic OH excluding ortho intramolecular Hbond substituents is 1. The highest BCUT2D eigenvalue weighted by atomic mass is 16.4. The number of aromatic hydroxyl groups is 1. The van der Waals surface area contributed by atoms with E-state index in [1.165, 1.54) is 24.3 Å². The fourth-order valence-electron chi connectivity index (χ4n) is 4.58. The fourth-order valence-corrected chi connectivity index (χ4v) is 4.58. The third kappa shape index (κ3) is 15.8. The van der Waals surface area contributed by atoms with E-state index in [1.54, 1.807) is 36.4 Å². The number of hydrogen-bond donors (Lipinski definition) is 8. The van der Waals surface area contributed by atoms with Crippen molar-refractivity contribution in [3.8, 4) is 5.75 Å². The molecule has 0 saturated carbocycles. The molecule has 49 heavy (non-hydrogen) atoms. The summed E-state index contributed by atoms with van der Waals surface area (Å²) in [5.41, 5.74) is 1.23. The van der Waals surface area contributed by atoms with E-state index >= 15 is 0 Å². The van der Waals surface area contributed by atoms with E-state index in [2.05, 4.69) is 26.6 Å². The highest BCUT2D eigenvalue weighted by Crippen LogP contribution is 2.18. The zero-order chi connectivity index (χ0) is 36.7. The first kappa shape index (κ1) is 39.8. The Morgan fingerprint density at radius 3 is 1.63 bits per heavy atom. The average Bonchev–Trinajstić information content (AvgIpc) is 2.98. The Morgan fingerprint density at radius 1 is 0.694 bits per heavy atom. The molecule has 0 aliphatic heterocycles. The van der Waals surface area contributed by atoms with Crippen LogP contribution in [0.4, 0.5) is 16.2 Å². The number of hydrogen-bond acceptors (Lipinski definition) is 7. The molecule has 0 spiro atoms. The Bertz CT molecular complexity index is 1480. The minimum Gasteiger partial charge on any atom is -0.508 e. The number of carboxylic acid groups (broad SMARTS) is 2. The molecule has 0 bridgehead atoms. The molecule has 0 aliphatic carbocycles. The van der Waals surface area contributed by atoms with Gasteiger partial charge in [-0.05, 0) is 72.6 Å². The fraction of sp³-hybridized carbons (Fsp3) is 0.429. The van der Waals surface area contributed by atoms with Crippen LogP contribution in [0.25, 0.3) is 0 Å². The molecule has 2 rings (SSSR count). The summed E-state index contributed by atoms with van der Waals surface area (Å²) >= 11 is 0. The molecule has 0 aliphatic rings. The number of carbonyl (C=O) groups is 6. The lowest BCUT2D eigenvalue weighted by molar-refractivity contribution is -0.142. The molecule has 5 amide bonds. The van der Waals surface area contributed by atoms with Gasteiger partial charge in [0.1, 0.15) is 23.9 Å². The lowest BCUT2D eigenvalue weighted by Crippen LogP contribution is -2.52. The van der Waals surface area contributed by atoms with Crippen molar-refractivity contribution in [1.82, 2.24) is 16.0 Å². The summed E-state index contributed by atoms with van der Waals surface area (Å²) in [5, 5.41) is 41.4. The summed E-state index contributed by atoms with van der Waals surface area (Å²) in [4.78, 5) is 74.0. The van der Waals surface area contributed by atoms with Gasteiger partial charge in [-0.3, -0.25) is 14.4 Å². The van der Waals surface area contributed by atoms with Gasteiger partial charge in [-0.25, -0.2) is 14.4 Å². The Balaban J connectivity index is 1.95. The monoisotopic (exact) mass is 681 g/mol. The maximum absolute atomic E-state index is 13.1. The van der Waals surface area contributed by atoms with Crippen LogP contribution in [0.3, 0.4) is 0 Å². The molecule has 266 valence electrons. The Morgan fingerprint density at radius 2 is 1.16 bits per heavy atom. The molecule has 3 atom stereocenters. The molecule has 14 nitrogen and oxygen atoms in total. The molecule has 8 N–H and O–H groups in total. The largest absolute Gasteiger partial charge is 0.508 e. The molecule has 0 heterocycles. The molecular formula is C35H47N5O9. The number of benzene rings is 2. The summed E-state index contributed by atoms with van der Waals surface area (Å²) < 4.78 is 0. The molecule has 3 unspecified atom stereocenters. The summed E-state index contributed by atoms with van der Waals surface area (Å²) in [6.07, 6.45) is 2.93. The van der Waals surface area contributed by atoms with E-state index < -0.39 is 53.8 Å². The van der Waals surface area contributed by atoms with Gasteiger partial charge in [0.15, 0.2) is 0 Å². The van der Waals surface area contributed by atoms with Gasteiger partial charge in [0, 0.05) is 17.8 Å². The van der Waals surface area contributed by atoms with Crippen LogP contribution in [-0.4, -0.2) is 69.1 Å². The third-order valence-electron chi connectivity index (χ3n) is 6.91. The quantitative estimate of drug-likeness (QED) is 0.0891. The van der Waals surface area contributed by atoms with Gasteiger partial charge in [-0.1, -0.05) is 58.9 Å². The molecule has 2 aromatic carbocycles. The van der Waals surface area contributed by atoms with Crippen LogP contribution in [0.15, 0.2) is 60.7 Å². The Hall–Kier alpha value is -5.40. The number of phenols is 1. The summed E-state index contributed by atoms with van der Waals surface area (Å²) in [6, 6.07) is 8.41. The summed E-state index contributed by atoms with van der Waals surface area (Å²) in [6.45, 7) is 9.26. The topological polar surface area (TPSA) is 223 Å². The van der Waals surface area contributed by atoms with Crippen LogP contribution in [0.1, 0.15) is 65.9 Å². The molecule has 2 aromatic rings. The van der Waals surface area contributed by atoms with Crippen LogP contribution in [0, 0.1) is 11.3 Å². The first-order chi connectivity index (χ1) is 22.9. The van der Waals surface area contributed by atoms with E-state index in [0.29, 0.717) is 16.9 Å². The van der Waals surface area contributed by atoms with Gasteiger partial charge < -0.3 is 41.9 Å². The summed E-state index contributed by atoms with van der Waals surface area (Å²) in [5.74, 6) is -4.05. The van der Waals surface area contributed by atoms with E-state index in [-0.39, 0.29) is 49.2 Å². The lowest BCUT2D eigenvalue weighted by Gasteiger charge is -2.22. The molecule has 0 radical (unpaired) electrons. The molecule has 0 fully saturated rings. The Labute approximate surface area is 285 Å². The van der Waals surface area contributed by atoms with Gasteiger partial charge in [-0.2, -0.15) is 0 Å². The van der Waals surface area contributed by atoms with Crippen molar-refractivity contribution in [3.05, 3.63) is 66.2 Å². The maximum Gasteiger partial charge on any atom is 0.326 e. The van der Waals surface area contributed by atoms with Gasteiger partial charge in [0.2, 0.25) is 17.7 Å². The van der Waals surface area contributed by atoms with Crippen LogP contribution in [-0.2, 0) is 30.4 Å². The second kappa shape index (κ2) is 18.8. The number of carbonyl (C=O) groups excluding carboxylic acids is 4. The van der Waals surface area contributed by atoms with E-state index in [0.717, 1.165) is 0 Å². The number of carboxylic acids is 2. The number of amides is 5. The second-order valence-electron chi connectivity index (χ2n) is 13.3. The van der Waals surface area contributed by atoms with Crippen molar-refractivity contribution < 1.29 is 44.1 Å². The highest BCUT2D eigenvalue weighted by molar-refractivity contribution is 5.99. The van der Waals surface area contributed by atoms with Crippen molar-refractivity contribution in [2.45, 2.75) is 84.8 Å². The maximum atomic E-state index is 13.1. The SMILES string of the molecule is CC(C)CC(NC(=O)Cc1ccc(NC(=O)Nc2ccc(O)cc2)cc1)C(=O)NC(C/C=C/CC(NC(=O)CC(C)(C)C)C(=O)O)C(=O)O. The average molecular weight is 682 g/mol. The second-order valence-corrected chi connectivity index (χ2v) is 13.3. The van der Waals surface area contributed by atoms with Crippen molar-refractivity contribution in [1.29, 1.82) is 0 Å². The van der Waals surface area contributed by atoms with E-state index in [1.807, 2.05) is 34.6 Å². The number of urea groups is 1. The molecule has 0 aromatic heterocycles. The molecular weight excluding hydrogens is 634 g/mol. The first-order valence-electron chi connectivity index (χ1n) is 15.9. The normalized spacial score (nSPS) is 13.2. The smallest absolute Gasteiger partial charge is 0.326 e. The first-order valence-corrected chi connectivity index (χ1v) is 15.9. The zero-order valence-corrected chi connectivity index (χ0v) is 28.4. The number of nitrogens with one attached hydrogen (secondary N) is 5. The lowest BCUT2D eigenvalue weighted by atomic mass is 9.92. The number of rotatable bonds is 17. The minimum absolute atomic E-state index is 0.0150. The van der Waals surface area contributed by atoms with Crippen LogP contribution >= 0.6 is 0 Å². The molecule has 14 heteroatoms. The zero-order valence-electron chi connectivity index (χ0n) is 28.4. The third-order valence-corrected chi connectivity index (χ3v) is 6.91. The van der Waals surface area contributed by atoms with Gasteiger partial charge in [0.05, 0.1) is 6.42 Å². The van der Waals surface area contributed by atoms with Crippen LogP contribution in [0.2, 0.25) is 0 Å². The van der Waals surface area contributed by atoms with E-state index in [9.17, 15) is 44.1 Å². The van der Waals surface area contributed by atoms with Crippen LogP contribution < -0.4 is 26.6 Å². The number of aliphatic carboxylic acids is 2. The van der Waals surface area contributed by atoms with Crippen molar-refractivity contribution >= 4 is 47.1 Å². The van der Waals surface area contributed by atoms with Crippen LogP contribution in [0.5, 0.6) is 5.75 Å². The highest BCUT2D eigenvalue weighted by Gasteiger charge is 2.27. The number of anilines is 2. The Kier molecular flexibility index (Phi) is 15.3. The van der Waals surface area contributed by atoms with Crippen molar-refractivity contribution in [2.75, 3.05) is 10.6 Å². The summed E-state index contributed by atoms with van der Waals surface area (Å²) in [7, 11) is 0. The van der Waals surface area contributed by atoms with Gasteiger partial charge in [0.25, 0.3) is 0 Å². The van der Waals surface area contributed by atoms with Crippen molar-refractivity contribution in [2.24, 2.45) is 11.3 Å². The predicted molar refractivity (Wildman–Crippen MR) is 184 cm³/mol. The van der Waals surface area contributed by atoms with Gasteiger partial charge in [-0.15, -0.1) is 0 Å². The van der Waals surface area contributed by atoms with Gasteiger partial charge >= 0.3 is 18.0 Å². The molecule has 0 saturated heterocycles.